The Labute approximate surface area is 104 Å². The standard InChI is InChI=1S/C13H14O3S/c1-15-12(14)13(11-7-4-8-17-11)9-5-2-3-6-10(9)16-13/h2,4-5,7-10H,3,6H2,1H3/t9-,10+,13+/m1/s1. The van der Waals surface area contributed by atoms with Crippen molar-refractivity contribution < 1.29 is 14.3 Å². The number of thiophene rings is 1. The summed E-state index contributed by atoms with van der Waals surface area (Å²) in [6.45, 7) is 0. The van der Waals surface area contributed by atoms with E-state index in [1.54, 1.807) is 11.3 Å². The number of carbonyl (C=O) groups is 1. The van der Waals surface area contributed by atoms with Crippen molar-refractivity contribution in [1.82, 2.24) is 0 Å². The minimum absolute atomic E-state index is 0.127. The van der Waals surface area contributed by atoms with Crippen LogP contribution in [0.4, 0.5) is 0 Å². The summed E-state index contributed by atoms with van der Waals surface area (Å²) in [4.78, 5) is 13.0. The zero-order chi connectivity index (χ0) is 11.9. The first-order chi connectivity index (χ1) is 8.29. The zero-order valence-electron chi connectivity index (χ0n) is 9.59. The number of hydrogen-bond donors (Lipinski definition) is 0. The Morgan fingerprint density at radius 2 is 2.53 bits per heavy atom. The van der Waals surface area contributed by atoms with Crippen molar-refractivity contribution in [1.29, 1.82) is 0 Å². The Bertz CT molecular complexity index is 451. The SMILES string of the molecule is COC(=O)[C@]1(c2cccs2)O[C@H]2CCC=C[C@H]21. The van der Waals surface area contributed by atoms with Gasteiger partial charge in [-0.25, -0.2) is 4.79 Å². The lowest BCUT2D eigenvalue weighted by Crippen LogP contribution is -2.62. The van der Waals surface area contributed by atoms with Gasteiger partial charge in [0.1, 0.15) is 0 Å². The highest BCUT2D eigenvalue weighted by molar-refractivity contribution is 7.10. The van der Waals surface area contributed by atoms with E-state index in [9.17, 15) is 4.79 Å². The molecular weight excluding hydrogens is 236 g/mol. The van der Waals surface area contributed by atoms with Crippen molar-refractivity contribution in [3.8, 4) is 0 Å². The first-order valence-electron chi connectivity index (χ1n) is 5.76. The molecule has 3 nitrogen and oxygen atoms in total. The average Bonchev–Trinajstić information content (AvgIpc) is 2.84. The maximum absolute atomic E-state index is 12.1. The number of rotatable bonds is 2. The Kier molecular flexibility index (Phi) is 2.56. The molecule has 17 heavy (non-hydrogen) atoms. The topological polar surface area (TPSA) is 35.5 Å². The largest absolute Gasteiger partial charge is 0.467 e. The van der Waals surface area contributed by atoms with E-state index >= 15 is 0 Å². The van der Waals surface area contributed by atoms with Crippen LogP contribution in [0.15, 0.2) is 29.7 Å². The molecule has 0 bridgehead atoms. The third kappa shape index (κ3) is 1.40. The summed E-state index contributed by atoms with van der Waals surface area (Å²) in [6, 6.07) is 3.88. The Morgan fingerprint density at radius 1 is 1.65 bits per heavy atom. The lowest BCUT2D eigenvalue weighted by Gasteiger charge is -2.52. The number of ether oxygens (including phenoxy) is 2. The van der Waals surface area contributed by atoms with Crippen LogP contribution in [0.25, 0.3) is 0 Å². The normalized spacial score (nSPS) is 34.9. The van der Waals surface area contributed by atoms with Gasteiger partial charge in [-0.05, 0) is 24.3 Å². The van der Waals surface area contributed by atoms with E-state index < -0.39 is 5.60 Å². The summed E-state index contributed by atoms with van der Waals surface area (Å²) in [5.41, 5.74) is -0.884. The molecule has 0 spiro atoms. The smallest absolute Gasteiger partial charge is 0.344 e. The molecule has 90 valence electrons. The highest BCUT2D eigenvalue weighted by Crippen LogP contribution is 2.52. The van der Waals surface area contributed by atoms with Gasteiger partial charge < -0.3 is 9.47 Å². The van der Waals surface area contributed by atoms with Crippen LogP contribution in [0.1, 0.15) is 17.7 Å². The van der Waals surface area contributed by atoms with Gasteiger partial charge in [-0.15, -0.1) is 11.3 Å². The summed E-state index contributed by atoms with van der Waals surface area (Å²) in [5, 5.41) is 1.96. The molecule has 1 fully saturated rings. The highest BCUT2D eigenvalue weighted by Gasteiger charge is 2.62. The van der Waals surface area contributed by atoms with E-state index in [1.807, 2.05) is 17.5 Å². The monoisotopic (exact) mass is 250 g/mol. The van der Waals surface area contributed by atoms with Gasteiger partial charge in [0.25, 0.3) is 0 Å². The molecule has 0 amide bonds. The maximum atomic E-state index is 12.1. The minimum Gasteiger partial charge on any atom is -0.467 e. The fourth-order valence-corrected chi connectivity index (χ4v) is 3.63. The molecule has 2 aliphatic rings. The summed E-state index contributed by atoms with van der Waals surface area (Å²) in [6.07, 6.45) is 6.43. The van der Waals surface area contributed by atoms with Crippen molar-refractivity contribution in [2.75, 3.05) is 7.11 Å². The first kappa shape index (κ1) is 11.0. The Morgan fingerprint density at radius 3 is 3.18 bits per heavy atom. The van der Waals surface area contributed by atoms with Crippen LogP contribution in [0.3, 0.4) is 0 Å². The number of methoxy groups -OCH3 is 1. The summed E-state index contributed by atoms with van der Waals surface area (Å²) < 4.78 is 10.9. The van der Waals surface area contributed by atoms with Crippen molar-refractivity contribution >= 4 is 17.3 Å². The van der Waals surface area contributed by atoms with Crippen LogP contribution in [-0.2, 0) is 19.9 Å². The second-order valence-corrected chi connectivity index (χ2v) is 5.34. The molecule has 1 aliphatic heterocycles. The number of carbonyl (C=O) groups excluding carboxylic acids is 1. The Hall–Kier alpha value is -1.13. The highest BCUT2D eigenvalue weighted by atomic mass is 32.1. The molecule has 2 heterocycles. The summed E-state index contributed by atoms with van der Waals surface area (Å²) in [7, 11) is 1.42. The molecule has 4 heteroatoms. The fourth-order valence-electron chi connectivity index (χ4n) is 2.73. The molecule has 1 saturated heterocycles. The zero-order valence-corrected chi connectivity index (χ0v) is 10.4. The van der Waals surface area contributed by atoms with Gasteiger partial charge in [-0.3, -0.25) is 0 Å². The van der Waals surface area contributed by atoms with Crippen LogP contribution < -0.4 is 0 Å². The minimum atomic E-state index is -0.884. The molecule has 0 radical (unpaired) electrons. The summed E-state index contributed by atoms with van der Waals surface area (Å²) >= 11 is 1.55. The molecule has 1 aromatic heterocycles. The molecule has 0 N–H and O–H groups in total. The van der Waals surface area contributed by atoms with Gasteiger partial charge in [0.15, 0.2) is 0 Å². The molecule has 3 rings (SSSR count). The van der Waals surface area contributed by atoms with Gasteiger partial charge in [0.05, 0.1) is 13.2 Å². The first-order valence-corrected chi connectivity index (χ1v) is 6.64. The van der Waals surface area contributed by atoms with Gasteiger partial charge >= 0.3 is 5.97 Å². The lowest BCUT2D eigenvalue weighted by molar-refractivity contribution is -0.258. The number of hydrogen-bond acceptors (Lipinski definition) is 4. The van der Waals surface area contributed by atoms with E-state index in [0.717, 1.165) is 17.7 Å². The van der Waals surface area contributed by atoms with Crippen molar-refractivity contribution in [2.24, 2.45) is 5.92 Å². The molecule has 1 aliphatic carbocycles. The van der Waals surface area contributed by atoms with Crippen LogP contribution in [0, 0.1) is 5.92 Å². The Balaban J connectivity index is 2.02. The number of fused-ring (bicyclic) bond motifs is 1. The number of allylic oxidation sites excluding steroid dienone is 1. The van der Waals surface area contributed by atoms with Crippen molar-refractivity contribution in [3.63, 3.8) is 0 Å². The molecule has 0 saturated carbocycles. The van der Waals surface area contributed by atoms with E-state index in [4.69, 9.17) is 9.47 Å². The van der Waals surface area contributed by atoms with Crippen LogP contribution >= 0.6 is 11.3 Å². The molecular formula is C13H14O3S. The van der Waals surface area contributed by atoms with Crippen LogP contribution in [0.2, 0.25) is 0 Å². The maximum Gasteiger partial charge on any atom is 0.344 e. The van der Waals surface area contributed by atoms with E-state index in [2.05, 4.69) is 12.2 Å². The average molecular weight is 250 g/mol. The third-order valence-corrected chi connectivity index (χ3v) is 4.53. The van der Waals surface area contributed by atoms with Crippen molar-refractivity contribution in [2.45, 2.75) is 24.5 Å². The van der Waals surface area contributed by atoms with Crippen LogP contribution in [-0.4, -0.2) is 19.2 Å². The predicted molar refractivity (Wildman–Crippen MR) is 64.8 cm³/mol. The molecule has 0 unspecified atom stereocenters. The van der Waals surface area contributed by atoms with E-state index in [1.165, 1.54) is 7.11 Å². The van der Waals surface area contributed by atoms with Gasteiger partial charge in [-0.1, -0.05) is 18.2 Å². The fraction of sp³-hybridized carbons (Fsp3) is 0.462. The van der Waals surface area contributed by atoms with Gasteiger partial charge in [-0.2, -0.15) is 0 Å². The summed E-state index contributed by atoms with van der Waals surface area (Å²) in [5.74, 6) is -0.157. The lowest BCUT2D eigenvalue weighted by atomic mass is 9.72. The van der Waals surface area contributed by atoms with E-state index in [0.29, 0.717) is 0 Å². The number of esters is 1. The molecule has 1 aromatic rings. The van der Waals surface area contributed by atoms with E-state index in [-0.39, 0.29) is 18.0 Å². The van der Waals surface area contributed by atoms with Gasteiger partial charge in [0.2, 0.25) is 5.60 Å². The predicted octanol–water partition coefficient (Wildman–Crippen LogP) is 2.48. The van der Waals surface area contributed by atoms with Crippen LogP contribution in [0.5, 0.6) is 0 Å². The quantitative estimate of drug-likeness (QED) is 0.597. The van der Waals surface area contributed by atoms with Crippen molar-refractivity contribution in [3.05, 3.63) is 34.5 Å². The molecule has 0 aromatic carbocycles. The third-order valence-electron chi connectivity index (χ3n) is 3.54. The van der Waals surface area contributed by atoms with Gasteiger partial charge in [0, 0.05) is 10.8 Å². The second-order valence-electron chi connectivity index (χ2n) is 4.39. The molecule has 3 atom stereocenters. The second kappa shape index (κ2) is 3.96.